The molecule has 0 aliphatic heterocycles. The number of nitrogens with one attached hydrogen (secondary N) is 1. The van der Waals surface area contributed by atoms with Gasteiger partial charge in [0.2, 0.25) is 0 Å². The van der Waals surface area contributed by atoms with Crippen molar-refractivity contribution in [1.82, 2.24) is 5.32 Å². The zero-order valence-electron chi connectivity index (χ0n) is 10.0. The maximum absolute atomic E-state index is 8.84. The molecule has 2 atom stereocenters. The molecule has 0 fully saturated rings. The minimum absolute atomic E-state index is 0.287. The molecule has 1 aromatic rings. The van der Waals surface area contributed by atoms with E-state index in [-0.39, 0.29) is 6.04 Å². The van der Waals surface area contributed by atoms with Gasteiger partial charge in [-0.3, -0.25) is 0 Å². The average Bonchev–Trinajstić information content (AvgIpc) is 2.29. The Labute approximate surface area is 102 Å². The molecule has 1 aromatic carbocycles. The van der Waals surface area contributed by atoms with Crippen molar-refractivity contribution >= 4 is 11.8 Å². The van der Waals surface area contributed by atoms with E-state index in [1.807, 2.05) is 30.0 Å². The molecule has 0 saturated heterocycles. The quantitative estimate of drug-likeness (QED) is 0.851. The van der Waals surface area contributed by atoms with Gasteiger partial charge in [0.15, 0.2) is 0 Å². The minimum atomic E-state index is 0.287. The third-order valence-electron chi connectivity index (χ3n) is 2.47. The lowest BCUT2D eigenvalue weighted by atomic mass is 10.1. The third-order valence-corrected chi connectivity index (χ3v) is 3.30. The molecule has 0 radical (unpaired) electrons. The topological polar surface area (TPSA) is 35.8 Å². The van der Waals surface area contributed by atoms with Crippen LogP contribution in [0.3, 0.4) is 0 Å². The second-order valence-electron chi connectivity index (χ2n) is 3.98. The van der Waals surface area contributed by atoms with Gasteiger partial charge in [0.25, 0.3) is 0 Å². The van der Waals surface area contributed by atoms with Crippen LogP contribution in [0.5, 0.6) is 0 Å². The van der Waals surface area contributed by atoms with Gasteiger partial charge in [0, 0.05) is 17.8 Å². The third kappa shape index (κ3) is 3.88. The van der Waals surface area contributed by atoms with Crippen LogP contribution < -0.4 is 5.32 Å². The van der Waals surface area contributed by atoms with Gasteiger partial charge in [0.05, 0.1) is 11.6 Å². The number of hydrogen-bond acceptors (Lipinski definition) is 3. The van der Waals surface area contributed by atoms with E-state index in [2.05, 4.69) is 37.6 Å². The Balaban J connectivity index is 2.65. The fourth-order valence-corrected chi connectivity index (χ4v) is 2.29. The molecular weight excluding hydrogens is 216 g/mol. The Hall–Kier alpha value is -0.980. The van der Waals surface area contributed by atoms with Crippen LogP contribution in [-0.2, 0) is 0 Å². The van der Waals surface area contributed by atoms with Crippen molar-refractivity contribution in [2.24, 2.45) is 0 Å². The Kier molecular flexibility index (Phi) is 5.37. The number of rotatable bonds is 5. The van der Waals surface area contributed by atoms with Gasteiger partial charge in [-0.1, -0.05) is 12.1 Å². The summed E-state index contributed by atoms with van der Waals surface area (Å²) in [6, 6.07) is 10.7. The van der Waals surface area contributed by atoms with Crippen LogP contribution in [0.15, 0.2) is 24.3 Å². The highest BCUT2D eigenvalue weighted by atomic mass is 32.2. The fraction of sp³-hybridized carbons (Fsp3) is 0.462. The summed E-state index contributed by atoms with van der Waals surface area (Å²) in [5.41, 5.74) is 1.90. The molecule has 0 aromatic heterocycles. The lowest BCUT2D eigenvalue weighted by Gasteiger charge is -2.19. The van der Waals surface area contributed by atoms with Crippen molar-refractivity contribution in [3.8, 4) is 6.07 Å². The predicted molar refractivity (Wildman–Crippen MR) is 70.6 cm³/mol. The van der Waals surface area contributed by atoms with Crippen LogP contribution in [0.4, 0.5) is 0 Å². The minimum Gasteiger partial charge on any atom is -0.307 e. The van der Waals surface area contributed by atoms with Crippen molar-refractivity contribution in [2.75, 3.05) is 12.0 Å². The van der Waals surface area contributed by atoms with Gasteiger partial charge < -0.3 is 5.32 Å². The first-order chi connectivity index (χ1) is 7.67. The normalized spacial score (nSPS) is 14.1. The molecule has 3 heteroatoms. The van der Waals surface area contributed by atoms with Gasteiger partial charge in [-0.2, -0.15) is 17.0 Å². The molecule has 86 valence electrons. The highest BCUT2D eigenvalue weighted by Crippen LogP contribution is 2.15. The van der Waals surface area contributed by atoms with Crippen LogP contribution in [0.1, 0.15) is 31.0 Å². The van der Waals surface area contributed by atoms with Crippen LogP contribution in [0.2, 0.25) is 0 Å². The molecule has 2 unspecified atom stereocenters. The van der Waals surface area contributed by atoms with Gasteiger partial charge >= 0.3 is 0 Å². The summed E-state index contributed by atoms with van der Waals surface area (Å²) in [4.78, 5) is 0. The molecule has 16 heavy (non-hydrogen) atoms. The summed E-state index contributed by atoms with van der Waals surface area (Å²) in [7, 11) is 0. The smallest absolute Gasteiger partial charge is 0.0991 e. The zero-order chi connectivity index (χ0) is 12.0. The van der Waals surface area contributed by atoms with E-state index in [0.717, 1.165) is 11.3 Å². The number of thioether (sulfide) groups is 1. The Morgan fingerprint density at radius 2 is 2.19 bits per heavy atom. The Morgan fingerprint density at radius 3 is 2.81 bits per heavy atom. The lowest BCUT2D eigenvalue weighted by Crippen LogP contribution is -2.30. The SMILES string of the molecule is CSCC(C)NC(C)c1cccc(C#N)c1. The second-order valence-corrected chi connectivity index (χ2v) is 4.89. The van der Waals surface area contributed by atoms with Gasteiger partial charge in [-0.05, 0) is 37.8 Å². The van der Waals surface area contributed by atoms with Crippen LogP contribution in [0.25, 0.3) is 0 Å². The van der Waals surface area contributed by atoms with E-state index < -0.39 is 0 Å². The maximum Gasteiger partial charge on any atom is 0.0991 e. The highest BCUT2D eigenvalue weighted by molar-refractivity contribution is 7.98. The first kappa shape index (κ1) is 13.1. The van der Waals surface area contributed by atoms with Crippen molar-refractivity contribution in [1.29, 1.82) is 5.26 Å². The Morgan fingerprint density at radius 1 is 1.44 bits per heavy atom. The fourth-order valence-electron chi connectivity index (χ4n) is 1.70. The summed E-state index contributed by atoms with van der Waals surface area (Å²) in [6.45, 7) is 4.31. The molecule has 1 N–H and O–H groups in total. The standard InChI is InChI=1S/C13H18N2S/c1-10(9-16-3)15-11(2)13-6-4-5-12(7-13)8-14/h4-7,10-11,15H,9H2,1-3H3. The number of hydrogen-bond donors (Lipinski definition) is 1. The molecular formula is C13H18N2S. The molecule has 2 nitrogen and oxygen atoms in total. The van der Waals surface area contributed by atoms with E-state index in [1.165, 1.54) is 5.56 Å². The molecule has 0 heterocycles. The monoisotopic (exact) mass is 234 g/mol. The van der Waals surface area contributed by atoms with Crippen LogP contribution in [0, 0.1) is 11.3 Å². The maximum atomic E-state index is 8.84. The van der Waals surface area contributed by atoms with Crippen molar-refractivity contribution < 1.29 is 0 Å². The van der Waals surface area contributed by atoms with Gasteiger partial charge in [-0.25, -0.2) is 0 Å². The molecule has 0 aliphatic rings. The molecule has 0 aliphatic carbocycles. The van der Waals surface area contributed by atoms with Crippen molar-refractivity contribution in [3.63, 3.8) is 0 Å². The highest BCUT2D eigenvalue weighted by Gasteiger charge is 2.09. The summed E-state index contributed by atoms with van der Waals surface area (Å²) >= 11 is 1.84. The van der Waals surface area contributed by atoms with Crippen LogP contribution in [-0.4, -0.2) is 18.1 Å². The zero-order valence-corrected chi connectivity index (χ0v) is 10.8. The first-order valence-corrected chi connectivity index (χ1v) is 6.81. The second kappa shape index (κ2) is 6.57. The summed E-state index contributed by atoms with van der Waals surface area (Å²) in [5.74, 6) is 1.10. The molecule has 0 spiro atoms. The predicted octanol–water partition coefficient (Wildman–Crippen LogP) is 2.96. The number of nitrogens with zero attached hydrogens (tertiary/aromatic N) is 1. The van der Waals surface area contributed by atoms with Gasteiger partial charge in [0.1, 0.15) is 0 Å². The summed E-state index contributed by atoms with van der Waals surface area (Å²) < 4.78 is 0. The largest absolute Gasteiger partial charge is 0.307 e. The van der Waals surface area contributed by atoms with E-state index in [0.29, 0.717) is 6.04 Å². The van der Waals surface area contributed by atoms with E-state index in [4.69, 9.17) is 5.26 Å². The number of nitriles is 1. The molecule has 0 bridgehead atoms. The molecule has 0 amide bonds. The first-order valence-electron chi connectivity index (χ1n) is 5.42. The van der Waals surface area contributed by atoms with Crippen LogP contribution >= 0.6 is 11.8 Å². The molecule has 1 rings (SSSR count). The Bertz CT molecular complexity index is 370. The summed E-state index contributed by atoms with van der Waals surface area (Å²) in [6.07, 6.45) is 2.11. The van der Waals surface area contributed by atoms with E-state index in [9.17, 15) is 0 Å². The summed E-state index contributed by atoms with van der Waals surface area (Å²) in [5, 5.41) is 12.4. The average molecular weight is 234 g/mol. The van der Waals surface area contributed by atoms with E-state index >= 15 is 0 Å². The molecule has 0 saturated carbocycles. The van der Waals surface area contributed by atoms with Gasteiger partial charge in [-0.15, -0.1) is 0 Å². The number of benzene rings is 1. The van der Waals surface area contributed by atoms with Crippen molar-refractivity contribution in [2.45, 2.75) is 25.9 Å². The van der Waals surface area contributed by atoms with E-state index in [1.54, 1.807) is 0 Å². The van der Waals surface area contributed by atoms with Crippen molar-refractivity contribution in [3.05, 3.63) is 35.4 Å². The lowest BCUT2D eigenvalue weighted by molar-refractivity contribution is 0.511.